The SMILES string of the molecule is CCSc1nsc(NC(=O)/C(C#N)=C\c2ccc(N(CC)CC)cc2)n1. The molecule has 0 spiro atoms. The molecule has 2 aromatic rings. The zero-order valence-electron chi connectivity index (χ0n) is 15.0. The summed E-state index contributed by atoms with van der Waals surface area (Å²) in [5, 5.41) is 13.0. The van der Waals surface area contributed by atoms with Gasteiger partial charge in [0.25, 0.3) is 5.91 Å². The van der Waals surface area contributed by atoms with Crippen LogP contribution in [-0.4, -0.2) is 34.1 Å². The molecule has 0 aliphatic rings. The Morgan fingerprint density at radius 2 is 2.00 bits per heavy atom. The Bertz CT molecular complexity index is 804. The van der Waals surface area contributed by atoms with Gasteiger partial charge in [-0.3, -0.25) is 10.1 Å². The first-order valence-corrected chi connectivity index (χ1v) is 10.1. The number of hydrogen-bond acceptors (Lipinski definition) is 7. The lowest BCUT2D eigenvalue weighted by molar-refractivity contribution is -0.112. The van der Waals surface area contributed by atoms with Gasteiger partial charge >= 0.3 is 0 Å². The second-order valence-electron chi connectivity index (χ2n) is 5.20. The average molecular weight is 388 g/mol. The quantitative estimate of drug-likeness (QED) is 0.418. The van der Waals surface area contributed by atoms with Crippen LogP contribution in [0.5, 0.6) is 0 Å². The largest absolute Gasteiger partial charge is 0.372 e. The van der Waals surface area contributed by atoms with E-state index in [9.17, 15) is 10.1 Å². The van der Waals surface area contributed by atoms with Crippen LogP contribution in [0.15, 0.2) is 35.0 Å². The monoisotopic (exact) mass is 387 g/mol. The number of anilines is 2. The second kappa shape index (κ2) is 9.94. The number of nitriles is 1. The first kappa shape index (κ1) is 19.9. The highest BCUT2D eigenvalue weighted by Crippen LogP contribution is 2.21. The highest BCUT2D eigenvalue weighted by Gasteiger charge is 2.13. The summed E-state index contributed by atoms with van der Waals surface area (Å²) in [5.41, 5.74) is 1.94. The number of benzene rings is 1. The van der Waals surface area contributed by atoms with Crippen molar-refractivity contribution in [2.75, 3.05) is 29.1 Å². The highest BCUT2D eigenvalue weighted by atomic mass is 32.2. The summed E-state index contributed by atoms with van der Waals surface area (Å²) in [6.45, 7) is 8.07. The summed E-state index contributed by atoms with van der Waals surface area (Å²) in [7, 11) is 0. The lowest BCUT2D eigenvalue weighted by Crippen LogP contribution is -2.21. The summed E-state index contributed by atoms with van der Waals surface area (Å²) < 4.78 is 4.14. The molecule has 0 fully saturated rings. The Morgan fingerprint density at radius 1 is 1.31 bits per heavy atom. The molecule has 2 rings (SSSR count). The minimum atomic E-state index is -0.482. The number of carbonyl (C=O) groups is 1. The summed E-state index contributed by atoms with van der Waals surface area (Å²) in [4.78, 5) is 18.7. The molecule has 136 valence electrons. The Labute approximate surface area is 162 Å². The third-order valence-corrected chi connectivity index (χ3v) is 5.07. The van der Waals surface area contributed by atoms with Crippen molar-refractivity contribution in [2.45, 2.75) is 25.9 Å². The molecule has 1 amide bonds. The number of aromatic nitrogens is 2. The zero-order chi connectivity index (χ0) is 18.9. The van der Waals surface area contributed by atoms with Gasteiger partial charge in [0, 0.05) is 30.3 Å². The van der Waals surface area contributed by atoms with Crippen LogP contribution in [0.1, 0.15) is 26.3 Å². The standard InChI is InChI=1S/C18H21N5OS2/c1-4-23(5-2)15-9-7-13(8-10-15)11-14(12-19)16(24)20-17-21-18(22-26-17)25-6-3/h7-11H,4-6H2,1-3H3,(H,20,21,22,24)/b14-11-. The van der Waals surface area contributed by atoms with Gasteiger partial charge in [0.2, 0.25) is 10.3 Å². The van der Waals surface area contributed by atoms with Gasteiger partial charge in [-0.15, -0.1) is 0 Å². The number of carbonyl (C=O) groups excluding carboxylic acids is 1. The Morgan fingerprint density at radius 3 is 2.58 bits per heavy atom. The van der Waals surface area contributed by atoms with Crippen LogP contribution in [0.2, 0.25) is 0 Å². The van der Waals surface area contributed by atoms with Crippen molar-refractivity contribution in [3.63, 3.8) is 0 Å². The molecular weight excluding hydrogens is 366 g/mol. The third-order valence-electron chi connectivity index (χ3n) is 3.60. The molecular formula is C18H21N5OS2. The molecule has 0 atom stereocenters. The van der Waals surface area contributed by atoms with Crippen LogP contribution in [0.3, 0.4) is 0 Å². The van der Waals surface area contributed by atoms with E-state index in [2.05, 4.69) is 33.4 Å². The van der Waals surface area contributed by atoms with E-state index < -0.39 is 5.91 Å². The maximum absolute atomic E-state index is 12.3. The van der Waals surface area contributed by atoms with Gasteiger partial charge in [-0.1, -0.05) is 30.8 Å². The topological polar surface area (TPSA) is 81.9 Å². The lowest BCUT2D eigenvalue weighted by Gasteiger charge is -2.20. The molecule has 6 nitrogen and oxygen atoms in total. The fraction of sp³-hybridized carbons (Fsp3) is 0.333. The van der Waals surface area contributed by atoms with Crippen LogP contribution in [0.25, 0.3) is 6.08 Å². The molecule has 1 N–H and O–H groups in total. The molecule has 0 bridgehead atoms. The molecule has 8 heteroatoms. The second-order valence-corrected chi connectivity index (χ2v) is 7.19. The Kier molecular flexibility index (Phi) is 7.63. The van der Waals surface area contributed by atoms with E-state index in [4.69, 9.17) is 0 Å². The van der Waals surface area contributed by atoms with Crippen molar-refractivity contribution in [3.8, 4) is 6.07 Å². The van der Waals surface area contributed by atoms with Crippen LogP contribution in [0.4, 0.5) is 10.8 Å². The number of hydrogen-bond donors (Lipinski definition) is 1. The van der Waals surface area contributed by atoms with E-state index in [1.54, 1.807) is 6.08 Å². The smallest absolute Gasteiger partial charge is 0.268 e. The highest BCUT2D eigenvalue weighted by molar-refractivity contribution is 7.99. The number of nitrogens with zero attached hydrogens (tertiary/aromatic N) is 4. The average Bonchev–Trinajstić information content (AvgIpc) is 3.09. The maximum Gasteiger partial charge on any atom is 0.268 e. The lowest BCUT2D eigenvalue weighted by atomic mass is 10.1. The van der Waals surface area contributed by atoms with Gasteiger partial charge < -0.3 is 4.90 Å². The van der Waals surface area contributed by atoms with Crippen molar-refractivity contribution in [1.29, 1.82) is 5.26 Å². The van der Waals surface area contributed by atoms with E-state index in [-0.39, 0.29) is 5.57 Å². The summed E-state index contributed by atoms with van der Waals surface area (Å²) >= 11 is 2.61. The van der Waals surface area contributed by atoms with E-state index in [0.29, 0.717) is 10.3 Å². The molecule has 0 unspecified atom stereocenters. The van der Waals surface area contributed by atoms with Crippen molar-refractivity contribution >= 4 is 46.1 Å². The predicted octanol–water partition coefficient (Wildman–Crippen LogP) is 4.04. The van der Waals surface area contributed by atoms with Crippen LogP contribution in [0, 0.1) is 11.3 Å². The van der Waals surface area contributed by atoms with E-state index >= 15 is 0 Å². The normalized spacial score (nSPS) is 11.1. The van der Waals surface area contributed by atoms with Gasteiger partial charge in [-0.05, 0) is 43.4 Å². The first-order chi connectivity index (χ1) is 12.6. The van der Waals surface area contributed by atoms with Crippen molar-refractivity contribution in [1.82, 2.24) is 9.36 Å². The van der Waals surface area contributed by atoms with Crippen LogP contribution < -0.4 is 10.2 Å². The third kappa shape index (κ3) is 5.31. The fourth-order valence-electron chi connectivity index (χ4n) is 2.30. The molecule has 0 aliphatic carbocycles. The van der Waals surface area contributed by atoms with Gasteiger partial charge in [-0.2, -0.15) is 14.6 Å². The Hall–Kier alpha value is -2.37. The first-order valence-electron chi connectivity index (χ1n) is 8.35. The maximum atomic E-state index is 12.3. The molecule has 0 aliphatic heterocycles. The van der Waals surface area contributed by atoms with E-state index in [1.807, 2.05) is 37.3 Å². The molecule has 0 radical (unpaired) electrons. The number of thioether (sulfide) groups is 1. The van der Waals surface area contributed by atoms with Gasteiger partial charge in [-0.25, -0.2) is 0 Å². The summed E-state index contributed by atoms with van der Waals surface area (Å²) in [6.07, 6.45) is 1.57. The minimum Gasteiger partial charge on any atom is -0.372 e. The minimum absolute atomic E-state index is 0.0282. The Balaban J connectivity index is 2.10. The predicted molar refractivity (Wildman–Crippen MR) is 109 cm³/mol. The van der Waals surface area contributed by atoms with Gasteiger partial charge in [0.05, 0.1) is 0 Å². The van der Waals surface area contributed by atoms with E-state index in [1.165, 1.54) is 11.8 Å². The molecule has 0 saturated carbocycles. The van der Waals surface area contributed by atoms with Crippen molar-refractivity contribution < 1.29 is 4.79 Å². The van der Waals surface area contributed by atoms with Crippen LogP contribution >= 0.6 is 23.3 Å². The molecule has 1 aromatic carbocycles. The van der Waals surface area contributed by atoms with Gasteiger partial charge in [0.15, 0.2) is 0 Å². The van der Waals surface area contributed by atoms with Crippen molar-refractivity contribution in [2.24, 2.45) is 0 Å². The molecule has 1 heterocycles. The number of rotatable bonds is 8. The van der Waals surface area contributed by atoms with E-state index in [0.717, 1.165) is 41.6 Å². The summed E-state index contributed by atoms with van der Waals surface area (Å²) in [5.74, 6) is 0.376. The number of nitrogens with one attached hydrogen (secondary N) is 1. The fourth-order valence-corrected chi connectivity index (χ4v) is 3.56. The zero-order valence-corrected chi connectivity index (χ0v) is 16.7. The molecule has 26 heavy (non-hydrogen) atoms. The van der Waals surface area contributed by atoms with Crippen molar-refractivity contribution in [3.05, 3.63) is 35.4 Å². The van der Waals surface area contributed by atoms with Crippen LogP contribution in [-0.2, 0) is 4.79 Å². The summed E-state index contributed by atoms with van der Waals surface area (Å²) in [6, 6.07) is 9.74. The van der Waals surface area contributed by atoms with Gasteiger partial charge in [0.1, 0.15) is 11.6 Å². The number of amides is 1. The molecule has 1 aromatic heterocycles. The molecule has 0 saturated heterocycles.